The van der Waals surface area contributed by atoms with Crippen LogP contribution in [-0.2, 0) is 9.59 Å². The van der Waals surface area contributed by atoms with Gasteiger partial charge in [0.1, 0.15) is 0 Å². The van der Waals surface area contributed by atoms with Crippen molar-refractivity contribution in [3.05, 3.63) is 0 Å². The largest absolute Gasteiger partial charge is 0.481 e. The number of unbranched alkanes of at least 4 members (excludes halogenated alkanes) is 9. The molecule has 31 heavy (non-hydrogen) atoms. The van der Waals surface area contributed by atoms with Gasteiger partial charge in [-0.05, 0) is 12.8 Å². The lowest BCUT2D eigenvalue weighted by atomic mass is 9.98. The van der Waals surface area contributed by atoms with Crippen LogP contribution in [0.15, 0.2) is 0 Å². The van der Waals surface area contributed by atoms with Gasteiger partial charge >= 0.3 is 30.0 Å². The summed E-state index contributed by atoms with van der Waals surface area (Å²) in [6, 6.07) is 0. The van der Waals surface area contributed by atoms with Gasteiger partial charge in [-0.1, -0.05) is 78.1 Å². The summed E-state index contributed by atoms with van der Waals surface area (Å²) >= 11 is 0. The van der Waals surface area contributed by atoms with Crippen molar-refractivity contribution in [1.82, 2.24) is 0 Å². The van der Waals surface area contributed by atoms with Crippen molar-refractivity contribution in [2.24, 2.45) is 5.92 Å². The molecule has 186 valence electrons. The van der Waals surface area contributed by atoms with Crippen molar-refractivity contribution < 1.29 is 50.5 Å². The number of rotatable bonds is 15. The van der Waals surface area contributed by atoms with Gasteiger partial charge in [0, 0.05) is 0 Å². The first-order valence-corrected chi connectivity index (χ1v) is 10.4. The van der Waals surface area contributed by atoms with Gasteiger partial charge < -0.3 is 10.2 Å². The molecule has 0 fully saturated rings. The molecule has 0 rings (SSSR count). The smallest absolute Gasteiger partial charge is 0.460 e. The second-order valence-corrected chi connectivity index (χ2v) is 7.37. The summed E-state index contributed by atoms with van der Waals surface area (Å²) in [5.41, 5.74) is 0. The minimum absolute atomic E-state index is 0.112. The Morgan fingerprint density at radius 1 is 0.710 bits per heavy atom. The lowest BCUT2D eigenvalue weighted by molar-refractivity contribution is -0.347. The van der Waals surface area contributed by atoms with Crippen molar-refractivity contribution in [1.29, 1.82) is 0 Å². The van der Waals surface area contributed by atoms with Crippen LogP contribution in [0.1, 0.15) is 90.9 Å². The van der Waals surface area contributed by atoms with Gasteiger partial charge in [0.2, 0.25) is 0 Å². The van der Waals surface area contributed by atoms with Crippen molar-refractivity contribution in [3.63, 3.8) is 0 Å². The standard InChI is InChI=1S/C16H32O2.C4HF7O2/c1-3-5-6-7-8-9-10-11-12-13-14-15(4-2)16(17)18;5-2(6,1(12)13)3(7,8)4(9,10)11/h15H,3-14H2,1-2H3,(H,17,18);(H,12,13). The summed E-state index contributed by atoms with van der Waals surface area (Å²) in [6.07, 6.45) is 8.17. The molecule has 0 heterocycles. The average molecular weight is 470 g/mol. The lowest BCUT2D eigenvalue weighted by Gasteiger charge is -2.24. The van der Waals surface area contributed by atoms with Gasteiger partial charge in [-0.3, -0.25) is 4.79 Å². The molecule has 0 aromatic carbocycles. The number of carbonyl (C=O) groups is 2. The molecule has 0 amide bonds. The molecule has 11 heteroatoms. The molecule has 0 saturated heterocycles. The highest BCUT2D eigenvalue weighted by molar-refractivity contribution is 5.76. The second kappa shape index (κ2) is 15.3. The van der Waals surface area contributed by atoms with E-state index in [0.717, 1.165) is 19.3 Å². The molecular weight excluding hydrogens is 437 g/mol. The molecule has 0 aromatic rings. The summed E-state index contributed by atoms with van der Waals surface area (Å²) < 4.78 is 80.5. The maximum Gasteiger partial charge on any atom is 0.460 e. The van der Waals surface area contributed by atoms with E-state index in [-0.39, 0.29) is 5.92 Å². The minimum atomic E-state index is -6.60. The van der Waals surface area contributed by atoms with E-state index < -0.39 is 30.0 Å². The molecule has 0 saturated carbocycles. The molecule has 0 aliphatic carbocycles. The Bertz CT molecular complexity index is 508. The molecule has 0 radical (unpaired) electrons. The van der Waals surface area contributed by atoms with Crippen LogP contribution in [0.5, 0.6) is 0 Å². The molecule has 0 aliphatic rings. The van der Waals surface area contributed by atoms with Gasteiger partial charge in [-0.15, -0.1) is 0 Å². The molecule has 1 atom stereocenters. The monoisotopic (exact) mass is 470 g/mol. The first-order valence-electron chi connectivity index (χ1n) is 10.4. The van der Waals surface area contributed by atoms with Crippen molar-refractivity contribution in [2.75, 3.05) is 0 Å². The Morgan fingerprint density at radius 2 is 1.10 bits per heavy atom. The van der Waals surface area contributed by atoms with E-state index in [0.29, 0.717) is 0 Å². The Hall–Kier alpha value is -1.55. The lowest BCUT2D eigenvalue weighted by Crippen LogP contribution is -2.56. The Balaban J connectivity index is 0. The zero-order chi connectivity index (χ0) is 24.7. The van der Waals surface area contributed by atoms with Crippen LogP contribution in [0.2, 0.25) is 0 Å². The third-order valence-corrected chi connectivity index (χ3v) is 4.77. The summed E-state index contributed by atoms with van der Waals surface area (Å²) in [5, 5.41) is 16.3. The number of hydrogen-bond acceptors (Lipinski definition) is 2. The van der Waals surface area contributed by atoms with E-state index in [9.17, 15) is 40.3 Å². The first kappa shape index (κ1) is 31.6. The van der Waals surface area contributed by atoms with E-state index >= 15 is 0 Å². The number of carboxylic acid groups (broad SMARTS) is 2. The zero-order valence-corrected chi connectivity index (χ0v) is 17.9. The SMILES string of the molecule is CCCCCCCCCCCCC(CC)C(=O)O.O=C(O)C(F)(F)C(F)(F)C(F)(F)F. The Labute approximate surface area is 178 Å². The predicted molar refractivity (Wildman–Crippen MR) is 101 cm³/mol. The molecule has 0 aromatic heterocycles. The van der Waals surface area contributed by atoms with E-state index in [1.54, 1.807) is 0 Å². The quantitative estimate of drug-likeness (QED) is 0.194. The number of alkyl halides is 7. The zero-order valence-electron chi connectivity index (χ0n) is 17.9. The van der Waals surface area contributed by atoms with Crippen molar-refractivity contribution >= 4 is 11.9 Å². The van der Waals surface area contributed by atoms with E-state index in [4.69, 9.17) is 10.2 Å². The van der Waals surface area contributed by atoms with Gasteiger partial charge in [-0.25, -0.2) is 4.79 Å². The maximum atomic E-state index is 11.8. The molecule has 0 aliphatic heterocycles. The van der Waals surface area contributed by atoms with E-state index in [2.05, 4.69) is 6.92 Å². The molecule has 0 spiro atoms. The average Bonchev–Trinajstić information content (AvgIpc) is 2.65. The van der Waals surface area contributed by atoms with Crippen molar-refractivity contribution in [3.8, 4) is 0 Å². The van der Waals surface area contributed by atoms with E-state index in [1.165, 1.54) is 57.8 Å². The molecular formula is C20H33F7O4. The highest BCUT2D eigenvalue weighted by atomic mass is 19.4. The third-order valence-electron chi connectivity index (χ3n) is 4.77. The third kappa shape index (κ3) is 12.2. The Kier molecular flexibility index (Phi) is 15.6. The number of hydrogen-bond donors (Lipinski definition) is 2. The first-order chi connectivity index (χ1) is 14.2. The van der Waals surface area contributed by atoms with Crippen molar-refractivity contribution in [2.45, 2.75) is 109 Å². The van der Waals surface area contributed by atoms with E-state index in [1.807, 2.05) is 6.92 Å². The van der Waals surface area contributed by atoms with Crippen LogP contribution in [0, 0.1) is 5.92 Å². The summed E-state index contributed by atoms with van der Waals surface area (Å²) in [7, 11) is 0. The molecule has 0 bridgehead atoms. The normalized spacial score (nSPS) is 13.3. The highest BCUT2D eigenvalue weighted by Crippen LogP contribution is 2.46. The van der Waals surface area contributed by atoms with Crippen LogP contribution in [-0.4, -0.2) is 40.2 Å². The van der Waals surface area contributed by atoms with Crippen LogP contribution in [0.4, 0.5) is 30.7 Å². The fourth-order valence-corrected chi connectivity index (χ4v) is 2.69. The summed E-state index contributed by atoms with van der Waals surface area (Å²) in [6.45, 7) is 4.22. The Morgan fingerprint density at radius 3 is 1.35 bits per heavy atom. The minimum Gasteiger partial charge on any atom is -0.481 e. The summed E-state index contributed by atoms with van der Waals surface area (Å²) in [5.74, 6) is -17.0. The van der Waals surface area contributed by atoms with Gasteiger partial charge in [0.25, 0.3) is 0 Å². The van der Waals surface area contributed by atoms with Gasteiger partial charge in [0.05, 0.1) is 5.92 Å². The molecule has 4 nitrogen and oxygen atoms in total. The fraction of sp³-hybridized carbons (Fsp3) is 0.900. The number of halogens is 7. The second-order valence-electron chi connectivity index (χ2n) is 7.37. The summed E-state index contributed by atoms with van der Waals surface area (Å²) in [4.78, 5) is 20.2. The molecule has 2 N–H and O–H groups in total. The predicted octanol–water partition coefficient (Wildman–Crippen LogP) is 7.31. The van der Waals surface area contributed by atoms with Gasteiger partial charge in [0.15, 0.2) is 0 Å². The maximum absolute atomic E-state index is 11.8. The fourth-order valence-electron chi connectivity index (χ4n) is 2.69. The van der Waals surface area contributed by atoms with Crippen LogP contribution in [0.25, 0.3) is 0 Å². The van der Waals surface area contributed by atoms with Crippen LogP contribution < -0.4 is 0 Å². The van der Waals surface area contributed by atoms with Gasteiger partial charge in [-0.2, -0.15) is 30.7 Å². The highest BCUT2D eigenvalue weighted by Gasteiger charge is 2.76. The number of carboxylic acids is 2. The topological polar surface area (TPSA) is 74.6 Å². The molecule has 1 unspecified atom stereocenters. The van der Waals surface area contributed by atoms with Crippen LogP contribution >= 0.6 is 0 Å². The van der Waals surface area contributed by atoms with Crippen LogP contribution in [0.3, 0.4) is 0 Å². The number of aliphatic carboxylic acids is 2.